The highest BCUT2D eigenvalue weighted by Gasteiger charge is 2.34. The van der Waals surface area contributed by atoms with Crippen LogP contribution in [-0.4, -0.2) is 39.3 Å². The summed E-state index contributed by atoms with van der Waals surface area (Å²) in [5.41, 5.74) is 1.07. The first-order valence-corrected chi connectivity index (χ1v) is 6.51. The maximum Gasteiger partial charge on any atom is 0.251 e. The number of hydrogen-bond acceptors (Lipinski definition) is 3. The third-order valence-electron chi connectivity index (χ3n) is 3.15. The van der Waals surface area contributed by atoms with Crippen LogP contribution in [0.5, 0.6) is 0 Å². The van der Waals surface area contributed by atoms with Crippen LogP contribution in [0.1, 0.15) is 32.3 Å². The van der Waals surface area contributed by atoms with Gasteiger partial charge in [-0.15, -0.1) is 0 Å². The number of hydrogen-bond donors (Lipinski definition) is 0. The lowest BCUT2D eigenvalue weighted by atomic mass is 10.2. The van der Waals surface area contributed by atoms with Gasteiger partial charge in [-0.05, 0) is 26.7 Å². The van der Waals surface area contributed by atoms with Gasteiger partial charge in [-0.3, -0.25) is 9.48 Å². The van der Waals surface area contributed by atoms with E-state index in [1.54, 1.807) is 4.68 Å². The maximum atomic E-state index is 12.3. The van der Waals surface area contributed by atoms with Crippen molar-refractivity contribution < 1.29 is 9.53 Å². The molecule has 18 heavy (non-hydrogen) atoms. The van der Waals surface area contributed by atoms with Crippen LogP contribution in [-0.2, 0) is 23.1 Å². The summed E-state index contributed by atoms with van der Waals surface area (Å²) in [4.78, 5) is 14.2. The van der Waals surface area contributed by atoms with Crippen molar-refractivity contribution in [3.05, 3.63) is 18.0 Å². The topological polar surface area (TPSA) is 47.4 Å². The quantitative estimate of drug-likeness (QED) is 0.766. The summed E-state index contributed by atoms with van der Waals surface area (Å²) in [5, 5.41) is 4.14. The second-order valence-corrected chi connectivity index (χ2v) is 4.82. The summed E-state index contributed by atoms with van der Waals surface area (Å²) in [5.74, 6) is 0.0863. The minimum atomic E-state index is -0.354. The van der Waals surface area contributed by atoms with E-state index in [1.165, 1.54) is 0 Å². The van der Waals surface area contributed by atoms with Gasteiger partial charge >= 0.3 is 0 Å². The Labute approximate surface area is 108 Å². The summed E-state index contributed by atoms with van der Waals surface area (Å²) < 4.78 is 7.15. The molecular formula is C13H21N3O2. The van der Waals surface area contributed by atoms with E-state index in [9.17, 15) is 4.79 Å². The van der Waals surface area contributed by atoms with Crippen molar-refractivity contribution in [2.75, 3.05) is 6.61 Å². The van der Waals surface area contributed by atoms with Gasteiger partial charge in [0, 0.05) is 38.0 Å². The molecule has 2 rings (SSSR count). The first-order valence-electron chi connectivity index (χ1n) is 6.51. The molecule has 1 aliphatic rings. The highest BCUT2D eigenvalue weighted by atomic mass is 16.5. The van der Waals surface area contributed by atoms with Crippen LogP contribution in [0.2, 0.25) is 0 Å². The Morgan fingerprint density at radius 2 is 2.39 bits per heavy atom. The number of aryl methyl sites for hydroxylation is 1. The lowest BCUT2D eigenvalue weighted by molar-refractivity contribution is -0.143. The molecule has 1 fully saturated rings. The molecule has 0 unspecified atom stereocenters. The first kappa shape index (κ1) is 13.1. The van der Waals surface area contributed by atoms with E-state index < -0.39 is 0 Å². The number of ether oxygens (including phenoxy) is 1. The molecule has 0 aliphatic heterocycles. The fraction of sp³-hybridized carbons (Fsp3) is 0.692. The van der Waals surface area contributed by atoms with Gasteiger partial charge < -0.3 is 9.64 Å². The van der Waals surface area contributed by atoms with E-state index in [0.717, 1.165) is 18.4 Å². The van der Waals surface area contributed by atoms with Crippen LogP contribution in [0, 0.1) is 0 Å². The maximum absolute atomic E-state index is 12.3. The molecule has 1 aliphatic carbocycles. The average Bonchev–Trinajstić information content (AvgIpc) is 3.09. The molecule has 0 aromatic carbocycles. The molecule has 0 saturated heterocycles. The van der Waals surface area contributed by atoms with Gasteiger partial charge in [0.2, 0.25) is 0 Å². The minimum absolute atomic E-state index is 0.0863. The predicted molar refractivity (Wildman–Crippen MR) is 67.9 cm³/mol. The number of aromatic nitrogens is 2. The predicted octanol–water partition coefficient (Wildman–Crippen LogP) is 1.34. The second-order valence-electron chi connectivity index (χ2n) is 4.82. The molecule has 1 atom stereocenters. The summed E-state index contributed by atoms with van der Waals surface area (Å²) in [6, 6.07) is 0.389. The normalized spacial score (nSPS) is 16.6. The summed E-state index contributed by atoms with van der Waals surface area (Å²) in [7, 11) is 1.88. The van der Waals surface area contributed by atoms with E-state index in [-0.39, 0.29) is 12.0 Å². The number of carbonyl (C=O) groups is 1. The van der Waals surface area contributed by atoms with Crippen molar-refractivity contribution in [1.29, 1.82) is 0 Å². The van der Waals surface area contributed by atoms with Gasteiger partial charge in [-0.1, -0.05) is 0 Å². The third-order valence-corrected chi connectivity index (χ3v) is 3.15. The molecule has 1 amide bonds. The molecule has 100 valence electrons. The fourth-order valence-electron chi connectivity index (χ4n) is 2.08. The molecule has 1 heterocycles. The van der Waals surface area contributed by atoms with Crippen molar-refractivity contribution >= 4 is 5.91 Å². The molecule has 0 radical (unpaired) electrons. The van der Waals surface area contributed by atoms with Crippen LogP contribution in [0.15, 0.2) is 12.4 Å². The zero-order valence-electron chi connectivity index (χ0n) is 11.3. The minimum Gasteiger partial charge on any atom is -0.369 e. The smallest absolute Gasteiger partial charge is 0.251 e. The molecule has 1 aromatic rings. The SMILES string of the molecule is CCO[C@H](C)C(=O)N(Cc1cnn(C)c1)C1CC1. The highest BCUT2D eigenvalue weighted by molar-refractivity contribution is 5.81. The zero-order chi connectivity index (χ0) is 13.1. The molecule has 0 spiro atoms. The second kappa shape index (κ2) is 5.52. The van der Waals surface area contributed by atoms with Gasteiger partial charge in [-0.25, -0.2) is 0 Å². The van der Waals surface area contributed by atoms with E-state index in [0.29, 0.717) is 19.2 Å². The average molecular weight is 251 g/mol. The zero-order valence-corrected chi connectivity index (χ0v) is 11.3. The standard InChI is InChI=1S/C13H21N3O2/c1-4-18-10(2)13(17)16(12-5-6-12)9-11-7-14-15(3)8-11/h7-8,10,12H,4-6,9H2,1-3H3/t10-/m1/s1. The van der Waals surface area contributed by atoms with Gasteiger partial charge in [0.25, 0.3) is 5.91 Å². The Morgan fingerprint density at radius 1 is 1.67 bits per heavy atom. The summed E-state index contributed by atoms with van der Waals surface area (Å²) >= 11 is 0. The molecular weight excluding hydrogens is 230 g/mol. The monoisotopic (exact) mass is 251 g/mol. The molecule has 1 aromatic heterocycles. The summed E-state index contributed by atoms with van der Waals surface area (Å²) in [6.07, 6.45) is 5.62. The number of rotatable bonds is 6. The van der Waals surface area contributed by atoms with Crippen molar-refractivity contribution in [2.24, 2.45) is 7.05 Å². The van der Waals surface area contributed by atoms with Crippen LogP contribution in [0.25, 0.3) is 0 Å². The third kappa shape index (κ3) is 3.10. The first-order chi connectivity index (χ1) is 8.61. The van der Waals surface area contributed by atoms with Crippen LogP contribution in [0.3, 0.4) is 0 Å². The number of nitrogens with zero attached hydrogens (tertiary/aromatic N) is 3. The van der Waals surface area contributed by atoms with Crippen molar-refractivity contribution in [1.82, 2.24) is 14.7 Å². The Hall–Kier alpha value is -1.36. The Balaban J connectivity index is 2.01. The molecule has 5 nitrogen and oxygen atoms in total. The van der Waals surface area contributed by atoms with E-state index >= 15 is 0 Å². The molecule has 0 bridgehead atoms. The van der Waals surface area contributed by atoms with Crippen molar-refractivity contribution in [3.8, 4) is 0 Å². The van der Waals surface area contributed by atoms with Crippen molar-refractivity contribution in [2.45, 2.75) is 45.4 Å². The molecule has 0 N–H and O–H groups in total. The van der Waals surface area contributed by atoms with Gasteiger partial charge in [0.05, 0.1) is 6.20 Å². The van der Waals surface area contributed by atoms with Gasteiger partial charge in [-0.2, -0.15) is 5.10 Å². The highest BCUT2D eigenvalue weighted by Crippen LogP contribution is 2.29. The number of amides is 1. The fourth-order valence-corrected chi connectivity index (χ4v) is 2.08. The lowest BCUT2D eigenvalue weighted by Crippen LogP contribution is -2.40. The van der Waals surface area contributed by atoms with E-state index in [4.69, 9.17) is 4.74 Å². The van der Waals surface area contributed by atoms with Gasteiger partial charge in [0.1, 0.15) is 6.10 Å². The van der Waals surface area contributed by atoms with Crippen LogP contribution < -0.4 is 0 Å². The van der Waals surface area contributed by atoms with Gasteiger partial charge in [0.15, 0.2) is 0 Å². The van der Waals surface area contributed by atoms with Crippen LogP contribution >= 0.6 is 0 Å². The number of carbonyl (C=O) groups excluding carboxylic acids is 1. The van der Waals surface area contributed by atoms with E-state index in [2.05, 4.69) is 5.10 Å². The van der Waals surface area contributed by atoms with Crippen molar-refractivity contribution in [3.63, 3.8) is 0 Å². The Bertz CT molecular complexity index is 412. The largest absolute Gasteiger partial charge is 0.369 e. The Kier molecular flexibility index (Phi) is 4.01. The van der Waals surface area contributed by atoms with Crippen LogP contribution in [0.4, 0.5) is 0 Å². The molecule has 1 saturated carbocycles. The summed E-state index contributed by atoms with van der Waals surface area (Å²) in [6.45, 7) is 4.93. The van der Waals surface area contributed by atoms with E-state index in [1.807, 2.05) is 38.2 Å². The molecule has 5 heteroatoms. The lowest BCUT2D eigenvalue weighted by Gasteiger charge is -2.25. The Morgan fingerprint density at radius 3 is 2.89 bits per heavy atom.